The van der Waals surface area contributed by atoms with Gasteiger partial charge in [-0.1, -0.05) is 23.7 Å². The van der Waals surface area contributed by atoms with E-state index in [0.29, 0.717) is 11.6 Å². The molecule has 1 aliphatic heterocycles. The van der Waals surface area contributed by atoms with E-state index in [1.54, 1.807) is 11.9 Å². The Morgan fingerprint density at radius 3 is 2.56 bits per heavy atom. The standard InChI is InChI=1S/C21H25ClN2O2S/c1-23-13-3-4-19(15-23)24(27-20-11-9-18(22)10-12-20)14-16-5-7-17(8-6-16)21(25)26-2/h5-12,19H,3-4,13-15H2,1-2H3. The summed E-state index contributed by atoms with van der Waals surface area (Å²) in [4.78, 5) is 15.2. The van der Waals surface area contributed by atoms with Crippen molar-refractivity contribution in [1.82, 2.24) is 9.21 Å². The Hall–Kier alpha value is -1.53. The van der Waals surface area contributed by atoms with Crippen molar-refractivity contribution in [2.24, 2.45) is 0 Å². The fraction of sp³-hybridized carbons (Fsp3) is 0.381. The molecule has 0 amide bonds. The van der Waals surface area contributed by atoms with Crippen LogP contribution >= 0.6 is 23.5 Å². The van der Waals surface area contributed by atoms with Crippen LogP contribution in [-0.2, 0) is 11.3 Å². The molecule has 0 radical (unpaired) electrons. The highest BCUT2D eigenvalue weighted by Gasteiger charge is 2.25. The van der Waals surface area contributed by atoms with Gasteiger partial charge in [0.1, 0.15) is 0 Å². The van der Waals surface area contributed by atoms with Gasteiger partial charge in [-0.2, -0.15) is 0 Å². The SMILES string of the molecule is COC(=O)c1ccc(CN(Sc2ccc(Cl)cc2)C2CCCN(C)C2)cc1. The van der Waals surface area contributed by atoms with Crippen molar-refractivity contribution in [3.63, 3.8) is 0 Å². The number of likely N-dealkylation sites (tertiary alicyclic amines) is 1. The van der Waals surface area contributed by atoms with Crippen LogP contribution in [-0.4, -0.2) is 48.5 Å². The average Bonchev–Trinajstić information content (AvgIpc) is 2.69. The largest absolute Gasteiger partial charge is 0.465 e. The second-order valence-electron chi connectivity index (χ2n) is 6.87. The number of carbonyl (C=O) groups excluding carboxylic acids is 1. The Kier molecular flexibility index (Phi) is 7.19. The van der Waals surface area contributed by atoms with Crippen LogP contribution in [0.5, 0.6) is 0 Å². The monoisotopic (exact) mass is 404 g/mol. The number of carbonyl (C=O) groups is 1. The topological polar surface area (TPSA) is 32.8 Å². The van der Waals surface area contributed by atoms with Crippen molar-refractivity contribution >= 4 is 29.5 Å². The lowest BCUT2D eigenvalue weighted by molar-refractivity contribution is 0.0600. The number of hydrogen-bond donors (Lipinski definition) is 0. The molecular weight excluding hydrogens is 380 g/mol. The van der Waals surface area contributed by atoms with Crippen LogP contribution in [0, 0.1) is 0 Å². The molecule has 0 bridgehead atoms. The Morgan fingerprint density at radius 1 is 1.22 bits per heavy atom. The predicted octanol–water partition coefficient (Wildman–Crippen LogP) is 4.73. The lowest BCUT2D eigenvalue weighted by Gasteiger charge is -2.37. The summed E-state index contributed by atoms with van der Waals surface area (Å²) in [6.45, 7) is 3.03. The van der Waals surface area contributed by atoms with Crippen LogP contribution < -0.4 is 0 Å². The van der Waals surface area contributed by atoms with Crippen molar-refractivity contribution < 1.29 is 9.53 Å². The van der Waals surface area contributed by atoms with Crippen molar-refractivity contribution in [3.8, 4) is 0 Å². The molecule has 6 heteroatoms. The number of piperidine rings is 1. The van der Waals surface area contributed by atoms with Crippen LogP contribution in [0.2, 0.25) is 5.02 Å². The predicted molar refractivity (Wildman–Crippen MR) is 111 cm³/mol. The zero-order valence-electron chi connectivity index (χ0n) is 15.7. The summed E-state index contributed by atoms with van der Waals surface area (Å²) in [7, 11) is 3.59. The number of nitrogens with zero attached hydrogens (tertiary/aromatic N) is 2. The van der Waals surface area contributed by atoms with Gasteiger partial charge >= 0.3 is 5.97 Å². The van der Waals surface area contributed by atoms with Gasteiger partial charge < -0.3 is 9.64 Å². The molecule has 2 aromatic carbocycles. The van der Waals surface area contributed by atoms with E-state index in [2.05, 4.69) is 28.4 Å². The molecule has 2 aromatic rings. The molecule has 4 nitrogen and oxygen atoms in total. The summed E-state index contributed by atoms with van der Waals surface area (Å²) < 4.78 is 7.23. The first kappa shape index (κ1) is 20.2. The summed E-state index contributed by atoms with van der Waals surface area (Å²) >= 11 is 7.80. The molecule has 0 aromatic heterocycles. The lowest BCUT2D eigenvalue weighted by Crippen LogP contribution is -2.43. The quantitative estimate of drug-likeness (QED) is 0.513. The van der Waals surface area contributed by atoms with E-state index in [1.165, 1.54) is 30.4 Å². The number of methoxy groups -OCH3 is 1. The Balaban J connectivity index is 1.76. The molecule has 1 aliphatic rings. The Morgan fingerprint density at radius 2 is 1.93 bits per heavy atom. The van der Waals surface area contributed by atoms with E-state index in [-0.39, 0.29) is 5.97 Å². The maximum atomic E-state index is 11.6. The van der Waals surface area contributed by atoms with E-state index in [0.717, 1.165) is 24.7 Å². The third kappa shape index (κ3) is 5.72. The normalized spacial score (nSPS) is 17.9. The van der Waals surface area contributed by atoms with Crippen molar-refractivity contribution in [2.45, 2.75) is 30.3 Å². The fourth-order valence-corrected chi connectivity index (χ4v) is 4.47. The first-order valence-corrected chi connectivity index (χ1v) is 10.3. The molecule has 0 N–H and O–H groups in total. The molecule has 27 heavy (non-hydrogen) atoms. The number of ether oxygens (including phenoxy) is 1. The van der Waals surface area contributed by atoms with Crippen LogP contribution in [0.3, 0.4) is 0 Å². The molecule has 3 rings (SSSR count). The summed E-state index contributed by atoms with van der Waals surface area (Å²) in [5, 5.41) is 0.752. The van der Waals surface area contributed by atoms with E-state index in [4.69, 9.17) is 16.3 Å². The second-order valence-corrected chi connectivity index (χ2v) is 8.43. The molecule has 144 valence electrons. The van der Waals surface area contributed by atoms with Gasteiger partial charge in [-0.3, -0.25) is 0 Å². The van der Waals surface area contributed by atoms with Gasteiger partial charge in [-0.05, 0) is 80.3 Å². The molecule has 1 saturated heterocycles. The first-order chi connectivity index (χ1) is 13.0. The van der Waals surface area contributed by atoms with Crippen LogP contribution in [0.25, 0.3) is 0 Å². The van der Waals surface area contributed by atoms with E-state index < -0.39 is 0 Å². The van der Waals surface area contributed by atoms with Crippen molar-refractivity contribution in [3.05, 3.63) is 64.7 Å². The van der Waals surface area contributed by atoms with Crippen LogP contribution in [0.4, 0.5) is 0 Å². The summed E-state index contributed by atoms with van der Waals surface area (Å²) in [5.41, 5.74) is 1.76. The minimum atomic E-state index is -0.303. The fourth-order valence-electron chi connectivity index (χ4n) is 3.29. The minimum Gasteiger partial charge on any atom is -0.465 e. The maximum absolute atomic E-state index is 11.6. The molecular formula is C21H25ClN2O2S. The second kappa shape index (κ2) is 9.60. The third-order valence-corrected chi connectivity index (χ3v) is 6.15. The number of halogens is 1. The zero-order chi connectivity index (χ0) is 19.2. The number of rotatable bonds is 6. The number of esters is 1. The smallest absolute Gasteiger partial charge is 0.337 e. The van der Waals surface area contributed by atoms with E-state index in [9.17, 15) is 4.79 Å². The van der Waals surface area contributed by atoms with Gasteiger partial charge in [0.2, 0.25) is 0 Å². The van der Waals surface area contributed by atoms with Gasteiger partial charge in [-0.25, -0.2) is 9.10 Å². The van der Waals surface area contributed by atoms with E-state index >= 15 is 0 Å². The molecule has 1 unspecified atom stereocenters. The molecule has 1 heterocycles. The Bertz CT molecular complexity index is 752. The lowest BCUT2D eigenvalue weighted by atomic mass is 10.1. The van der Waals surface area contributed by atoms with Gasteiger partial charge in [0, 0.05) is 29.0 Å². The summed E-state index contributed by atoms with van der Waals surface area (Å²) in [6, 6.07) is 16.1. The number of benzene rings is 2. The maximum Gasteiger partial charge on any atom is 0.337 e. The first-order valence-electron chi connectivity index (χ1n) is 9.11. The summed E-state index contributed by atoms with van der Waals surface area (Å²) in [5.74, 6) is -0.303. The highest BCUT2D eigenvalue weighted by Crippen LogP contribution is 2.31. The van der Waals surface area contributed by atoms with Crippen LogP contribution in [0.15, 0.2) is 53.4 Å². The van der Waals surface area contributed by atoms with Gasteiger partial charge in [-0.15, -0.1) is 0 Å². The van der Waals surface area contributed by atoms with Crippen molar-refractivity contribution in [1.29, 1.82) is 0 Å². The minimum absolute atomic E-state index is 0.303. The molecule has 0 saturated carbocycles. The zero-order valence-corrected chi connectivity index (χ0v) is 17.3. The van der Waals surface area contributed by atoms with E-state index in [1.807, 2.05) is 36.4 Å². The summed E-state index contributed by atoms with van der Waals surface area (Å²) in [6.07, 6.45) is 2.39. The van der Waals surface area contributed by atoms with Crippen molar-refractivity contribution in [2.75, 3.05) is 27.2 Å². The Labute approximate surface area is 170 Å². The molecule has 1 fully saturated rings. The number of likely N-dealkylation sites (N-methyl/N-ethyl adjacent to an activating group) is 1. The van der Waals surface area contributed by atoms with Gasteiger partial charge in [0.25, 0.3) is 0 Å². The highest BCUT2D eigenvalue weighted by molar-refractivity contribution is 7.97. The van der Waals surface area contributed by atoms with Gasteiger partial charge in [0.15, 0.2) is 0 Å². The average molecular weight is 405 g/mol. The van der Waals surface area contributed by atoms with Crippen LogP contribution in [0.1, 0.15) is 28.8 Å². The third-order valence-electron chi connectivity index (χ3n) is 4.76. The van der Waals surface area contributed by atoms with Gasteiger partial charge in [0.05, 0.1) is 12.7 Å². The highest BCUT2D eigenvalue weighted by atomic mass is 35.5. The molecule has 0 aliphatic carbocycles. The molecule has 0 spiro atoms. The molecule has 1 atom stereocenters. The number of hydrogen-bond acceptors (Lipinski definition) is 5.